The normalized spacial score (nSPS) is 13.2. The lowest BCUT2D eigenvalue weighted by Crippen LogP contribution is -2.08. The fourth-order valence-electron chi connectivity index (χ4n) is 2.76. The molecule has 0 fully saturated rings. The van der Waals surface area contributed by atoms with E-state index in [-0.39, 0.29) is 5.30 Å². The first-order valence-corrected chi connectivity index (χ1v) is 10.4. The van der Waals surface area contributed by atoms with Gasteiger partial charge in [-0.1, -0.05) is 67.9 Å². The van der Waals surface area contributed by atoms with Gasteiger partial charge in [-0.15, -0.1) is 0 Å². The minimum atomic E-state index is -3.90. The maximum absolute atomic E-state index is 12.5. The summed E-state index contributed by atoms with van der Waals surface area (Å²) in [6.07, 6.45) is 3.48. The number of hydrogen-bond acceptors (Lipinski definition) is 2. The van der Waals surface area contributed by atoms with Gasteiger partial charge in [-0.25, -0.2) is 4.57 Å². The molecule has 26 heavy (non-hydrogen) atoms. The van der Waals surface area contributed by atoms with Gasteiger partial charge in [-0.2, -0.15) is 0 Å². The first kappa shape index (κ1) is 18.4. The molecule has 3 aromatic carbocycles. The number of aryl methyl sites for hydroxylation is 1. The molecule has 3 aromatic rings. The molecule has 0 aliphatic heterocycles. The van der Waals surface area contributed by atoms with E-state index in [4.69, 9.17) is 4.52 Å². The van der Waals surface area contributed by atoms with Crippen molar-refractivity contribution in [1.82, 2.24) is 0 Å². The average molecular weight is 366 g/mol. The summed E-state index contributed by atoms with van der Waals surface area (Å²) in [5.74, 6) is 0.380. The van der Waals surface area contributed by atoms with Crippen molar-refractivity contribution in [3.8, 4) is 16.9 Å². The van der Waals surface area contributed by atoms with Gasteiger partial charge in [0.2, 0.25) is 0 Å². The van der Waals surface area contributed by atoms with Crippen LogP contribution in [0.25, 0.3) is 11.1 Å². The van der Waals surface area contributed by atoms with E-state index in [0.717, 1.165) is 17.5 Å². The van der Waals surface area contributed by atoms with Crippen molar-refractivity contribution >= 4 is 12.9 Å². The lowest BCUT2D eigenvalue weighted by Gasteiger charge is -2.14. The molecule has 0 saturated carbocycles. The minimum absolute atomic E-state index is 0.282. The zero-order chi connectivity index (χ0) is 18.4. The summed E-state index contributed by atoms with van der Waals surface area (Å²) in [6, 6.07) is 24.2. The van der Waals surface area contributed by atoms with Crippen LogP contribution >= 0.6 is 7.60 Å². The Morgan fingerprint density at radius 2 is 1.42 bits per heavy atom. The Balaban J connectivity index is 1.74. The molecule has 0 spiro atoms. The van der Waals surface area contributed by atoms with Crippen LogP contribution < -0.4 is 9.83 Å². The molecule has 1 N–H and O–H groups in total. The van der Waals surface area contributed by atoms with Gasteiger partial charge in [-0.05, 0) is 53.8 Å². The van der Waals surface area contributed by atoms with Gasteiger partial charge in [0, 0.05) is 0 Å². The maximum Gasteiger partial charge on any atom is 0.408 e. The van der Waals surface area contributed by atoms with Crippen LogP contribution in [0.3, 0.4) is 0 Å². The Morgan fingerprint density at radius 1 is 0.846 bits per heavy atom. The summed E-state index contributed by atoms with van der Waals surface area (Å²) in [7, 11) is -3.90. The van der Waals surface area contributed by atoms with Gasteiger partial charge < -0.3 is 9.42 Å². The van der Waals surface area contributed by atoms with Gasteiger partial charge in [0.05, 0.1) is 5.30 Å². The Kier molecular flexibility index (Phi) is 5.92. The highest BCUT2D eigenvalue weighted by Crippen LogP contribution is 2.41. The highest BCUT2D eigenvalue weighted by Gasteiger charge is 2.24. The monoisotopic (exact) mass is 366 g/mol. The van der Waals surface area contributed by atoms with Gasteiger partial charge in [0.25, 0.3) is 0 Å². The van der Waals surface area contributed by atoms with E-state index in [0.29, 0.717) is 5.75 Å². The van der Waals surface area contributed by atoms with E-state index in [2.05, 4.69) is 31.2 Å². The second kappa shape index (κ2) is 8.35. The molecule has 0 bridgehead atoms. The van der Waals surface area contributed by atoms with Crippen LogP contribution in [0.15, 0.2) is 78.9 Å². The number of rotatable bonds is 7. The summed E-state index contributed by atoms with van der Waals surface area (Å²) in [4.78, 5) is 10.3. The molecule has 0 amide bonds. The molecular weight excluding hydrogens is 343 g/mol. The summed E-state index contributed by atoms with van der Waals surface area (Å²) < 4.78 is 17.8. The predicted octanol–water partition coefficient (Wildman–Crippen LogP) is 5.59. The van der Waals surface area contributed by atoms with Crippen LogP contribution in [0.5, 0.6) is 5.75 Å². The molecule has 1 atom stereocenters. The lowest BCUT2D eigenvalue weighted by atomic mass is 10.0. The molecule has 0 saturated heterocycles. The SMILES string of the molecule is CCCCc1ccc(-c2ccc(P(=O)(O)Oc3ccccc3)cc2)cc1. The molecule has 3 rings (SSSR count). The molecular formula is C22H23O3P. The Morgan fingerprint density at radius 3 is 2.00 bits per heavy atom. The highest BCUT2D eigenvalue weighted by atomic mass is 31.2. The van der Waals surface area contributed by atoms with Crippen molar-refractivity contribution in [2.45, 2.75) is 26.2 Å². The largest absolute Gasteiger partial charge is 0.421 e. The second-order valence-corrected chi connectivity index (χ2v) is 8.01. The van der Waals surface area contributed by atoms with Gasteiger partial charge in [0.15, 0.2) is 0 Å². The zero-order valence-electron chi connectivity index (χ0n) is 14.8. The smallest absolute Gasteiger partial charge is 0.408 e. The third-order valence-electron chi connectivity index (χ3n) is 4.27. The van der Waals surface area contributed by atoms with Crippen LogP contribution in [0.1, 0.15) is 25.3 Å². The lowest BCUT2D eigenvalue weighted by molar-refractivity contribution is 0.393. The summed E-state index contributed by atoms with van der Waals surface area (Å²) >= 11 is 0. The van der Waals surface area contributed by atoms with E-state index in [9.17, 15) is 9.46 Å². The summed E-state index contributed by atoms with van der Waals surface area (Å²) in [5.41, 5.74) is 3.44. The van der Waals surface area contributed by atoms with Gasteiger partial charge >= 0.3 is 7.60 Å². The third kappa shape index (κ3) is 4.63. The molecule has 134 valence electrons. The number of hydrogen-bond donors (Lipinski definition) is 1. The van der Waals surface area contributed by atoms with Crippen molar-refractivity contribution in [1.29, 1.82) is 0 Å². The van der Waals surface area contributed by atoms with Crippen LogP contribution in [-0.2, 0) is 11.0 Å². The Labute approximate surface area is 154 Å². The fraction of sp³-hybridized carbons (Fsp3) is 0.182. The molecule has 0 aromatic heterocycles. The quantitative estimate of drug-likeness (QED) is 0.555. The first-order chi connectivity index (χ1) is 12.6. The molecule has 4 heteroatoms. The highest BCUT2D eigenvalue weighted by molar-refractivity contribution is 7.61. The standard InChI is InChI=1S/C22H23O3P/c1-2-3-7-18-10-12-19(13-11-18)20-14-16-22(17-15-20)26(23,24)25-21-8-5-4-6-9-21/h4-6,8-17H,2-3,7H2,1H3,(H,23,24). The van der Waals surface area contributed by atoms with Crippen LogP contribution in [0, 0.1) is 0 Å². The van der Waals surface area contributed by atoms with Crippen molar-refractivity contribution in [2.24, 2.45) is 0 Å². The van der Waals surface area contributed by atoms with Crippen molar-refractivity contribution in [2.75, 3.05) is 0 Å². The fourth-order valence-corrected chi connectivity index (χ4v) is 3.80. The van der Waals surface area contributed by atoms with E-state index >= 15 is 0 Å². The second-order valence-electron chi connectivity index (χ2n) is 6.27. The number of para-hydroxylation sites is 1. The van der Waals surface area contributed by atoms with E-state index < -0.39 is 7.60 Å². The van der Waals surface area contributed by atoms with E-state index in [1.54, 1.807) is 36.4 Å². The zero-order valence-corrected chi connectivity index (χ0v) is 15.7. The maximum atomic E-state index is 12.5. The molecule has 1 unspecified atom stereocenters. The van der Waals surface area contributed by atoms with Gasteiger partial charge in [0.1, 0.15) is 5.75 Å². The molecule has 0 aliphatic carbocycles. The Hall–Kier alpha value is -2.35. The van der Waals surface area contributed by atoms with Crippen LogP contribution in [-0.4, -0.2) is 4.89 Å². The van der Waals surface area contributed by atoms with E-state index in [1.807, 2.05) is 18.2 Å². The molecule has 0 heterocycles. The minimum Gasteiger partial charge on any atom is -0.421 e. The number of unbranched alkanes of at least 4 members (excludes halogenated alkanes) is 1. The number of benzene rings is 3. The Bertz CT molecular complexity index is 872. The van der Waals surface area contributed by atoms with Crippen LogP contribution in [0.2, 0.25) is 0 Å². The van der Waals surface area contributed by atoms with Crippen LogP contribution in [0.4, 0.5) is 0 Å². The topological polar surface area (TPSA) is 46.5 Å². The predicted molar refractivity (Wildman–Crippen MR) is 107 cm³/mol. The third-order valence-corrected chi connectivity index (χ3v) is 5.68. The molecule has 0 aliphatic rings. The summed E-state index contributed by atoms with van der Waals surface area (Å²) in [5, 5.41) is 0.282. The van der Waals surface area contributed by atoms with Gasteiger partial charge in [-0.3, -0.25) is 0 Å². The summed E-state index contributed by atoms with van der Waals surface area (Å²) in [6.45, 7) is 2.19. The molecule has 0 radical (unpaired) electrons. The average Bonchev–Trinajstić information content (AvgIpc) is 2.67. The van der Waals surface area contributed by atoms with E-state index in [1.165, 1.54) is 18.4 Å². The first-order valence-electron chi connectivity index (χ1n) is 8.86. The van der Waals surface area contributed by atoms with Crippen molar-refractivity contribution in [3.63, 3.8) is 0 Å². The molecule has 3 nitrogen and oxygen atoms in total. The van der Waals surface area contributed by atoms with Crippen molar-refractivity contribution in [3.05, 3.63) is 84.4 Å². The van der Waals surface area contributed by atoms with Crippen molar-refractivity contribution < 1.29 is 14.0 Å².